The lowest BCUT2D eigenvalue weighted by Crippen LogP contribution is -2.37. The molecule has 7 nitrogen and oxygen atoms in total. The predicted octanol–water partition coefficient (Wildman–Crippen LogP) is 2.18. The van der Waals surface area contributed by atoms with Crippen molar-refractivity contribution in [1.82, 2.24) is 30.0 Å². The van der Waals surface area contributed by atoms with Gasteiger partial charge < -0.3 is 15.2 Å². The van der Waals surface area contributed by atoms with Crippen LogP contribution < -0.4 is 10.6 Å². The molecular formula is C19H27N7. The average Bonchev–Trinajstić information content (AvgIpc) is 3.07. The minimum atomic E-state index is 0.601. The van der Waals surface area contributed by atoms with Crippen molar-refractivity contribution in [2.75, 3.05) is 6.54 Å². The van der Waals surface area contributed by atoms with Crippen molar-refractivity contribution in [1.29, 1.82) is 0 Å². The molecule has 0 bridgehead atoms. The highest BCUT2D eigenvalue weighted by Crippen LogP contribution is 2.14. The summed E-state index contributed by atoms with van der Waals surface area (Å²) < 4.78 is 4.02. The second-order valence-electron chi connectivity index (χ2n) is 6.40. The molecule has 0 radical (unpaired) electrons. The third-order valence-electron chi connectivity index (χ3n) is 4.69. The Kier molecular flexibility index (Phi) is 5.25. The fourth-order valence-corrected chi connectivity index (χ4v) is 3.06. The van der Waals surface area contributed by atoms with Gasteiger partial charge in [-0.15, -0.1) is 0 Å². The molecule has 2 aromatic heterocycles. The van der Waals surface area contributed by atoms with Crippen LogP contribution in [-0.2, 0) is 27.2 Å². The molecule has 0 aliphatic heterocycles. The third kappa shape index (κ3) is 3.56. The molecule has 7 heteroatoms. The summed E-state index contributed by atoms with van der Waals surface area (Å²) in [6, 6.07) is 8.16. The highest BCUT2D eigenvalue weighted by atomic mass is 15.3. The lowest BCUT2D eigenvalue weighted by Gasteiger charge is -2.11. The number of hydrogen-bond donors (Lipinski definition) is 2. The summed E-state index contributed by atoms with van der Waals surface area (Å²) in [4.78, 5) is 9.42. The summed E-state index contributed by atoms with van der Waals surface area (Å²) >= 11 is 0. The SMILES string of the molecule is CCNC(=NCc1c(C)nn(C)c1C)NCc1nc2ccccc2n1C. The second-order valence-corrected chi connectivity index (χ2v) is 6.40. The van der Waals surface area contributed by atoms with Crippen molar-refractivity contribution in [2.24, 2.45) is 19.1 Å². The summed E-state index contributed by atoms with van der Waals surface area (Å²) in [7, 11) is 4.00. The van der Waals surface area contributed by atoms with E-state index in [-0.39, 0.29) is 0 Å². The van der Waals surface area contributed by atoms with Crippen molar-refractivity contribution in [3.05, 3.63) is 47.0 Å². The van der Waals surface area contributed by atoms with Gasteiger partial charge in [-0.05, 0) is 32.9 Å². The highest BCUT2D eigenvalue weighted by Gasteiger charge is 2.10. The van der Waals surface area contributed by atoms with Crippen LogP contribution in [-0.4, -0.2) is 31.8 Å². The molecule has 0 fully saturated rings. The molecule has 0 amide bonds. The molecular weight excluding hydrogens is 326 g/mol. The van der Waals surface area contributed by atoms with E-state index < -0.39 is 0 Å². The standard InChI is InChI=1S/C19H27N7/c1-6-20-19(21-11-15-13(2)24-26(5)14(15)3)22-12-18-23-16-9-7-8-10-17(16)25(18)4/h7-10H,6,11-12H2,1-5H3,(H2,20,21,22). The molecule has 1 aromatic carbocycles. The lowest BCUT2D eigenvalue weighted by atomic mass is 10.2. The Balaban J connectivity index is 1.74. The molecule has 2 N–H and O–H groups in total. The Hall–Kier alpha value is -2.83. The van der Waals surface area contributed by atoms with E-state index in [1.165, 1.54) is 5.56 Å². The van der Waals surface area contributed by atoms with Gasteiger partial charge >= 0.3 is 0 Å². The Bertz CT molecular complexity index is 933. The van der Waals surface area contributed by atoms with E-state index in [9.17, 15) is 0 Å². The van der Waals surface area contributed by atoms with Gasteiger partial charge in [-0.3, -0.25) is 4.68 Å². The molecule has 0 aliphatic rings. The Labute approximate surface area is 154 Å². The van der Waals surface area contributed by atoms with Crippen LogP contribution in [0.5, 0.6) is 0 Å². The van der Waals surface area contributed by atoms with Crippen LogP contribution in [0.2, 0.25) is 0 Å². The molecule has 0 aliphatic carbocycles. The van der Waals surface area contributed by atoms with E-state index in [4.69, 9.17) is 9.98 Å². The quantitative estimate of drug-likeness (QED) is 0.545. The summed E-state index contributed by atoms with van der Waals surface area (Å²) in [5.74, 6) is 1.76. The topological polar surface area (TPSA) is 72.1 Å². The van der Waals surface area contributed by atoms with Crippen molar-refractivity contribution in [2.45, 2.75) is 33.9 Å². The Morgan fingerprint density at radius 3 is 2.58 bits per heavy atom. The third-order valence-corrected chi connectivity index (χ3v) is 4.69. The summed E-state index contributed by atoms with van der Waals surface area (Å²) in [6.07, 6.45) is 0. The molecule has 138 valence electrons. The number of guanidine groups is 1. The Morgan fingerprint density at radius 2 is 1.92 bits per heavy atom. The smallest absolute Gasteiger partial charge is 0.191 e. The van der Waals surface area contributed by atoms with Gasteiger partial charge in [0, 0.05) is 31.9 Å². The Morgan fingerprint density at radius 1 is 1.15 bits per heavy atom. The van der Waals surface area contributed by atoms with Crippen LogP contribution in [0, 0.1) is 13.8 Å². The number of rotatable bonds is 5. The van der Waals surface area contributed by atoms with Gasteiger partial charge in [0.2, 0.25) is 0 Å². The number of nitrogens with one attached hydrogen (secondary N) is 2. The van der Waals surface area contributed by atoms with Gasteiger partial charge in [0.05, 0.1) is 29.8 Å². The molecule has 2 heterocycles. The van der Waals surface area contributed by atoms with Crippen molar-refractivity contribution >= 4 is 17.0 Å². The number of aliphatic imine (C=N–C) groups is 1. The number of para-hydroxylation sites is 2. The first-order chi connectivity index (χ1) is 12.5. The number of hydrogen-bond acceptors (Lipinski definition) is 3. The molecule has 0 unspecified atom stereocenters. The number of benzene rings is 1. The molecule has 3 rings (SSSR count). The maximum absolute atomic E-state index is 4.72. The van der Waals surface area contributed by atoms with Crippen molar-refractivity contribution in [3.63, 3.8) is 0 Å². The summed E-state index contributed by atoms with van der Waals surface area (Å²) in [6.45, 7) is 8.18. The van der Waals surface area contributed by atoms with E-state index in [2.05, 4.69) is 40.2 Å². The molecule has 0 atom stereocenters. The van der Waals surface area contributed by atoms with Gasteiger partial charge in [0.1, 0.15) is 5.82 Å². The lowest BCUT2D eigenvalue weighted by molar-refractivity contribution is 0.728. The van der Waals surface area contributed by atoms with E-state index in [0.29, 0.717) is 13.1 Å². The molecule has 0 saturated carbocycles. The number of aromatic nitrogens is 4. The zero-order valence-electron chi connectivity index (χ0n) is 16.2. The van der Waals surface area contributed by atoms with Crippen molar-refractivity contribution < 1.29 is 0 Å². The molecule has 26 heavy (non-hydrogen) atoms. The fourth-order valence-electron chi connectivity index (χ4n) is 3.06. The first-order valence-corrected chi connectivity index (χ1v) is 8.92. The van der Waals surface area contributed by atoms with E-state index in [1.54, 1.807) is 0 Å². The van der Waals surface area contributed by atoms with Crippen LogP contribution >= 0.6 is 0 Å². The summed E-state index contributed by atoms with van der Waals surface area (Å²) in [5.41, 5.74) is 5.49. The number of nitrogens with zero attached hydrogens (tertiary/aromatic N) is 5. The maximum Gasteiger partial charge on any atom is 0.191 e. The molecule has 0 saturated heterocycles. The first kappa shape index (κ1) is 18.0. The van der Waals surface area contributed by atoms with E-state index >= 15 is 0 Å². The van der Waals surface area contributed by atoms with Gasteiger partial charge in [-0.25, -0.2) is 9.98 Å². The van der Waals surface area contributed by atoms with Crippen molar-refractivity contribution in [3.8, 4) is 0 Å². The van der Waals surface area contributed by atoms with Crippen LogP contribution in [0.4, 0.5) is 0 Å². The monoisotopic (exact) mass is 353 g/mol. The van der Waals surface area contributed by atoms with Crippen LogP contribution in [0.15, 0.2) is 29.3 Å². The predicted molar refractivity (Wildman–Crippen MR) is 105 cm³/mol. The molecule has 0 spiro atoms. The minimum Gasteiger partial charge on any atom is -0.357 e. The van der Waals surface area contributed by atoms with E-state index in [0.717, 1.165) is 40.7 Å². The van der Waals surface area contributed by atoms with Gasteiger partial charge in [-0.1, -0.05) is 12.1 Å². The average molecular weight is 353 g/mol. The number of imidazole rings is 1. The van der Waals surface area contributed by atoms with E-state index in [1.807, 2.05) is 43.9 Å². The highest BCUT2D eigenvalue weighted by molar-refractivity contribution is 5.80. The largest absolute Gasteiger partial charge is 0.357 e. The minimum absolute atomic E-state index is 0.601. The first-order valence-electron chi connectivity index (χ1n) is 8.92. The zero-order chi connectivity index (χ0) is 18.7. The number of fused-ring (bicyclic) bond motifs is 1. The molecule has 3 aromatic rings. The fraction of sp³-hybridized carbons (Fsp3) is 0.421. The van der Waals surface area contributed by atoms with Gasteiger partial charge in [0.25, 0.3) is 0 Å². The van der Waals surface area contributed by atoms with Crippen LogP contribution in [0.25, 0.3) is 11.0 Å². The normalized spacial score (nSPS) is 12.0. The zero-order valence-corrected chi connectivity index (χ0v) is 16.2. The second kappa shape index (κ2) is 7.59. The van der Waals surface area contributed by atoms with Gasteiger partial charge in [0.15, 0.2) is 5.96 Å². The number of aryl methyl sites for hydroxylation is 3. The summed E-state index contributed by atoms with van der Waals surface area (Å²) in [5, 5.41) is 11.1. The van der Waals surface area contributed by atoms with Crippen LogP contribution in [0.1, 0.15) is 29.7 Å². The van der Waals surface area contributed by atoms with Crippen LogP contribution in [0.3, 0.4) is 0 Å². The van der Waals surface area contributed by atoms with Gasteiger partial charge in [-0.2, -0.15) is 5.10 Å². The maximum atomic E-state index is 4.72.